The molecule has 0 radical (unpaired) electrons. The molecule has 1 unspecified atom stereocenters. The van der Waals surface area contributed by atoms with E-state index in [1.54, 1.807) is 0 Å². The van der Waals surface area contributed by atoms with Gasteiger partial charge in [-0.15, -0.1) is 0 Å². The molecule has 2 aliphatic rings. The molecule has 6 heteroatoms. The number of nitrogens with one attached hydrogen (secondary N) is 2. The van der Waals surface area contributed by atoms with E-state index in [0.717, 1.165) is 25.3 Å². The fourth-order valence-electron chi connectivity index (χ4n) is 5.55. The van der Waals surface area contributed by atoms with Gasteiger partial charge in [0.15, 0.2) is 5.96 Å². The van der Waals surface area contributed by atoms with Gasteiger partial charge in [-0.1, -0.05) is 111 Å². The van der Waals surface area contributed by atoms with Crippen molar-refractivity contribution in [3.63, 3.8) is 0 Å². The highest BCUT2D eigenvalue weighted by atomic mass is 16.5. The van der Waals surface area contributed by atoms with Crippen molar-refractivity contribution in [2.45, 2.75) is 174 Å². The van der Waals surface area contributed by atoms with Gasteiger partial charge in [0.1, 0.15) is 6.61 Å². The topological polar surface area (TPSA) is 75.1 Å². The second kappa shape index (κ2) is 20.3. The highest BCUT2D eigenvalue weighted by molar-refractivity contribution is 5.80. The van der Waals surface area contributed by atoms with E-state index in [2.05, 4.69) is 38.3 Å². The van der Waals surface area contributed by atoms with Gasteiger partial charge in [0.2, 0.25) is 0 Å². The molecule has 0 aliphatic heterocycles. The summed E-state index contributed by atoms with van der Waals surface area (Å²) < 4.78 is 5.60. The first-order chi connectivity index (χ1) is 18.9. The summed E-state index contributed by atoms with van der Waals surface area (Å²) in [4.78, 5) is 22.1. The predicted octanol–water partition coefficient (Wildman–Crippen LogP) is 8.14. The minimum atomic E-state index is -0.276. The van der Waals surface area contributed by atoms with Crippen LogP contribution in [0.5, 0.6) is 0 Å². The van der Waals surface area contributed by atoms with Crippen molar-refractivity contribution in [1.29, 1.82) is 0 Å². The minimum absolute atomic E-state index is 0.0773. The lowest BCUT2D eigenvalue weighted by molar-refractivity contribution is -0.145. The smallest absolute Gasteiger partial charge is 0.305 e. The van der Waals surface area contributed by atoms with E-state index in [9.17, 15) is 4.79 Å². The van der Waals surface area contributed by atoms with E-state index in [-0.39, 0.29) is 17.4 Å². The number of carbonyl (C=O) groups excluding carboxylic acids is 1. The van der Waals surface area contributed by atoms with Gasteiger partial charge in [-0.25, -0.2) is 4.99 Å². The fourth-order valence-corrected chi connectivity index (χ4v) is 5.55. The summed E-state index contributed by atoms with van der Waals surface area (Å²) in [6.07, 6.45) is 26.6. The summed E-state index contributed by atoms with van der Waals surface area (Å²) in [5.41, 5.74) is -0.276. The van der Waals surface area contributed by atoms with Gasteiger partial charge < -0.3 is 15.4 Å². The maximum absolute atomic E-state index is 12.2. The first-order valence-corrected chi connectivity index (χ1v) is 16.7. The zero-order valence-electron chi connectivity index (χ0n) is 26.1. The summed E-state index contributed by atoms with van der Waals surface area (Å²) >= 11 is 0. The molecule has 0 saturated heterocycles. The SMILES string of the molecule is CCCCCCCCCCCC(=O)OCC(C)(C)C=NC(C)CNC(=NC1CCCCC1)NC1CCCCC1. The molecule has 2 aliphatic carbocycles. The molecule has 0 spiro atoms. The summed E-state index contributed by atoms with van der Waals surface area (Å²) in [5.74, 6) is 0.895. The second-order valence-corrected chi connectivity index (χ2v) is 13.0. The van der Waals surface area contributed by atoms with Crippen LogP contribution in [0.25, 0.3) is 0 Å². The lowest BCUT2D eigenvalue weighted by atomic mass is 9.95. The summed E-state index contributed by atoms with van der Waals surface area (Å²) in [6, 6.07) is 1.10. The second-order valence-electron chi connectivity index (χ2n) is 13.0. The van der Waals surface area contributed by atoms with Gasteiger partial charge in [-0.05, 0) is 39.0 Å². The fraction of sp³-hybridized carbons (Fsp3) is 0.909. The van der Waals surface area contributed by atoms with Gasteiger partial charge in [0, 0.05) is 30.6 Å². The number of carbonyl (C=O) groups is 1. The monoisotopic (exact) mass is 546 g/mol. The van der Waals surface area contributed by atoms with Crippen LogP contribution in [-0.4, -0.2) is 49.4 Å². The first-order valence-electron chi connectivity index (χ1n) is 16.7. The molecular formula is C33H62N4O2. The van der Waals surface area contributed by atoms with E-state index in [0.29, 0.717) is 25.1 Å². The van der Waals surface area contributed by atoms with Crippen LogP contribution in [0.1, 0.15) is 156 Å². The van der Waals surface area contributed by atoms with Crippen molar-refractivity contribution in [2.75, 3.05) is 13.2 Å². The Bertz CT molecular complexity index is 694. The van der Waals surface area contributed by atoms with E-state index >= 15 is 0 Å². The van der Waals surface area contributed by atoms with Crippen LogP contribution >= 0.6 is 0 Å². The van der Waals surface area contributed by atoms with E-state index in [1.165, 1.54) is 109 Å². The molecule has 0 amide bonds. The third kappa shape index (κ3) is 17.0. The van der Waals surface area contributed by atoms with Gasteiger partial charge in [0.05, 0.1) is 12.1 Å². The normalized spacial score (nSPS) is 18.8. The Labute approximate surface area is 241 Å². The van der Waals surface area contributed by atoms with Crippen LogP contribution < -0.4 is 10.6 Å². The van der Waals surface area contributed by atoms with Gasteiger partial charge >= 0.3 is 5.97 Å². The maximum atomic E-state index is 12.2. The molecule has 0 aromatic heterocycles. The van der Waals surface area contributed by atoms with Crippen LogP contribution in [-0.2, 0) is 9.53 Å². The largest absolute Gasteiger partial charge is 0.465 e. The standard InChI is InChI=1S/C33H62N4O2/c1-5-6-7-8-9-10-11-12-19-24-31(38)39-27-33(3,4)26-35-28(2)25-34-32(36-29-20-15-13-16-21-29)37-30-22-17-14-18-23-30/h26,28-30H,5-25,27H2,1-4H3,(H2,34,36,37). The lowest BCUT2D eigenvalue weighted by Crippen LogP contribution is -2.46. The lowest BCUT2D eigenvalue weighted by Gasteiger charge is -2.27. The summed E-state index contributed by atoms with van der Waals surface area (Å²) in [6.45, 7) is 9.69. The van der Waals surface area contributed by atoms with Crippen molar-refractivity contribution < 1.29 is 9.53 Å². The van der Waals surface area contributed by atoms with Crippen molar-refractivity contribution in [3.05, 3.63) is 0 Å². The molecule has 2 saturated carbocycles. The maximum Gasteiger partial charge on any atom is 0.305 e. The van der Waals surface area contributed by atoms with Crippen molar-refractivity contribution >= 4 is 18.1 Å². The van der Waals surface area contributed by atoms with Crippen LogP contribution in [0, 0.1) is 5.41 Å². The highest BCUT2D eigenvalue weighted by Gasteiger charge is 2.20. The summed E-state index contributed by atoms with van der Waals surface area (Å²) in [7, 11) is 0. The zero-order chi connectivity index (χ0) is 28.2. The number of hydrogen-bond donors (Lipinski definition) is 2. The minimum Gasteiger partial charge on any atom is -0.465 e. The molecule has 0 heterocycles. The van der Waals surface area contributed by atoms with E-state index in [1.807, 2.05) is 6.21 Å². The number of aliphatic imine (C=N–C) groups is 2. The zero-order valence-corrected chi connectivity index (χ0v) is 26.1. The third-order valence-corrected chi connectivity index (χ3v) is 8.17. The Morgan fingerprint density at radius 2 is 1.49 bits per heavy atom. The molecule has 2 N–H and O–H groups in total. The number of unbranched alkanes of at least 4 members (excludes halogenated alkanes) is 8. The summed E-state index contributed by atoms with van der Waals surface area (Å²) in [5, 5.41) is 7.32. The number of nitrogens with zero attached hydrogens (tertiary/aromatic N) is 2. The first kappa shape index (κ1) is 33.6. The quantitative estimate of drug-likeness (QED) is 0.0787. The van der Waals surface area contributed by atoms with Crippen LogP contribution in [0.15, 0.2) is 9.98 Å². The van der Waals surface area contributed by atoms with Gasteiger partial charge in [-0.2, -0.15) is 0 Å². The Hall–Kier alpha value is -1.59. The Morgan fingerprint density at radius 3 is 2.13 bits per heavy atom. The molecule has 226 valence electrons. The Kier molecular flexibility index (Phi) is 17.5. The number of hydrogen-bond acceptors (Lipinski definition) is 4. The number of ether oxygens (including phenoxy) is 1. The van der Waals surface area contributed by atoms with E-state index < -0.39 is 0 Å². The average molecular weight is 547 g/mol. The molecule has 2 rings (SSSR count). The Morgan fingerprint density at radius 1 is 0.897 bits per heavy atom. The van der Waals surface area contributed by atoms with Crippen molar-refractivity contribution in [1.82, 2.24) is 10.6 Å². The molecule has 0 aromatic rings. The number of esters is 1. The highest BCUT2D eigenvalue weighted by Crippen LogP contribution is 2.21. The predicted molar refractivity (Wildman–Crippen MR) is 167 cm³/mol. The number of guanidine groups is 1. The van der Waals surface area contributed by atoms with Gasteiger partial charge in [0.25, 0.3) is 0 Å². The average Bonchev–Trinajstić information content (AvgIpc) is 2.94. The van der Waals surface area contributed by atoms with Crippen molar-refractivity contribution in [2.24, 2.45) is 15.4 Å². The Balaban J connectivity index is 1.66. The molecule has 0 bridgehead atoms. The molecular weight excluding hydrogens is 484 g/mol. The van der Waals surface area contributed by atoms with Crippen molar-refractivity contribution in [3.8, 4) is 0 Å². The molecule has 39 heavy (non-hydrogen) atoms. The molecule has 2 fully saturated rings. The molecule has 6 nitrogen and oxygen atoms in total. The van der Waals surface area contributed by atoms with Crippen LogP contribution in [0.3, 0.4) is 0 Å². The van der Waals surface area contributed by atoms with Gasteiger partial charge in [-0.3, -0.25) is 9.79 Å². The van der Waals surface area contributed by atoms with E-state index in [4.69, 9.17) is 14.7 Å². The third-order valence-electron chi connectivity index (χ3n) is 8.17. The van der Waals surface area contributed by atoms with Crippen LogP contribution in [0.2, 0.25) is 0 Å². The molecule has 1 atom stereocenters. The van der Waals surface area contributed by atoms with Crippen LogP contribution in [0.4, 0.5) is 0 Å². The number of rotatable bonds is 18. The molecule has 0 aromatic carbocycles.